The van der Waals surface area contributed by atoms with Crippen LogP contribution in [0.2, 0.25) is 5.02 Å². The molecule has 150 valence electrons. The van der Waals surface area contributed by atoms with Crippen LogP contribution in [0.1, 0.15) is 44.9 Å². The molecule has 4 rings (SSSR count). The van der Waals surface area contributed by atoms with Crippen LogP contribution < -0.4 is 4.90 Å². The van der Waals surface area contributed by atoms with Crippen molar-refractivity contribution in [3.05, 3.63) is 29.3 Å². The van der Waals surface area contributed by atoms with Crippen LogP contribution in [0, 0.1) is 0 Å². The molecule has 1 aromatic carbocycles. The summed E-state index contributed by atoms with van der Waals surface area (Å²) in [5, 5.41) is 11.7. The van der Waals surface area contributed by atoms with E-state index in [4.69, 9.17) is 11.6 Å². The fourth-order valence-electron chi connectivity index (χ4n) is 5.31. The summed E-state index contributed by atoms with van der Waals surface area (Å²) in [5.41, 5.74) is 1.16. The molecule has 0 amide bonds. The topological polar surface area (TPSA) is 30.0 Å². The van der Waals surface area contributed by atoms with Crippen molar-refractivity contribution in [1.29, 1.82) is 0 Å². The Balaban J connectivity index is 1.29. The van der Waals surface area contributed by atoms with Crippen LogP contribution in [0.4, 0.5) is 5.69 Å². The monoisotopic (exact) mass is 391 g/mol. The molecule has 0 saturated carbocycles. The van der Waals surface area contributed by atoms with Crippen LogP contribution in [-0.4, -0.2) is 72.4 Å². The van der Waals surface area contributed by atoms with E-state index in [1.165, 1.54) is 38.8 Å². The Bertz CT molecular complexity index is 597. The van der Waals surface area contributed by atoms with Crippen LogP contribution in [0.5, 0.6) is 0 Å². The zero-order valence-electron chi connectivity index (χ0n) is 16.4. The van der Waals surface area contributed by atoms with Crippen molar-refractivity contribution < 1.29 is 5.11 Å². The molecule has 3 aliphatic heterocycles. The number of hydrogen-bond acceptors (Lipinski definition) is 4. The summed E-state index contributed by atoms with van der Waals surface area (Å²) in [4.78, 5) is 7.55. The van der Waals surface area contributed by atoms with E-state index in [1.54, 1.807) is 0 Å². The fourth-order valence-corrected chi connectivity index (χ4v) is 5.56. The second-order valence-electron chi connectivity index (χ2n) is 8.54. The van der Waals surface area contributed by atoms with E-state index in [-0.39, 0.29) is 6.10 Å². The van der Waals surface area contributed by atoms with Crippen LogP contribution >= 0.6 is 11.6 Å². The van der Waals surface area contributed by atoms with E-state index in [0.29, 0.717) is 12.1 Å². The number of hydrogen-bond donors (Lipinski definition) is 1. The van der Waals surface area contributed by atoms with Gasteiger partial charge in [0.15, 0.2) is 0 Å². The molecule has 0 unspecified atom stereocenters. The molecule has 3 aliphatic rings. The number of rotatable bonds is 3. The second-order valence-corrected chi connectivity index (χ2v) is 8.95. The molecule has 3 saturated heterocycles. The quantitative estimate of drug-likeness (QED) is 0.852. The molecular weight excluding hydrogens is 358 g/mol. The van der Waals surface area contributed by atoms with Gasteiger partial charge in [-0.3, -0.25) is 9.80 Å². The summed E-state index contributed by atoms with van der Waals surface area (Å²) >= 11 is 6.37. The molecule has 5 heteroatoms. The maximum Gasteiger partial charge on any atom is 0.0822 e. The smallest absolute Gasteiger partial charge is 0.0822 e. The fraction of sp³-hybridized carbons (Fsp3) is 0.727. The number of piperidine rings is 2. The molecule has 3 fully saturated rings. The van der Waals surface area contributed by atoms with Gasteiger partial charge < -0.3 is 10.0 Å². The zero-order chi connectivity index (χ0) is 18.6. The maximum atomic E-state index is 10.9. The van der Waals surface area contributed by atoms with Gasteiger partial charge >= 0.3 is 0 Å². The molecule has 27 heavy (non-hydrogen) atoms. The van der Waals surface area contributed by atoms with Crippen LogP contribution in [0.15, 0.2) is 24.3 Å². The number of aliphatic hydroxyl groups excluding tert-OH is 1. The minimum atomic E-state index is -0.196. The van der Waals surface area contributed by atoms with E-state index < -0.39 is 0 Å². The maximum absolute atomic E-state index is 10.9. The van der Waals surface area contributed by atoms with Gasteiger partial charge in [0.05, 0.1) is 16.8 Å². The Morgan fingerprint density at radius 1 is 0.815 bits per heavy atom. The van der Waals surface area contributed by atoms with E-state index in [0.717, 1.165) is 56.2 Å². The summed E-state index contributed by atoms with van der Waals surface area (Å²) in [5.74, 6) is 0. The van der Waals surface area contributed by atoms with Gasteiger partial charge in [0.2, 0.25) is 0 Å². The third-order valence-corrected chi connectivity index (χ3v) is 7.18. The summed E-state index contributed by atoms with van der Waals surface area (Å²) < 4.78 is 0. The Morgan fingerprint density at radius 2 is 1.52 bits per heavy atom. The van der Waals surface area contributed by atoms with Crippen molar-refractivity contribution in [2.24, 2.45) is 0 Å². The SMILES string of the molecule is O[C@@H]1CN(C2CCN(c3ccccc3Cl)CC2)CC[C@H]1N1CCCCCC1. The number of anilines is 1. The van der Waals surface area contributed by atoms with Crippen molar-refractivity contribution in [1.82, 2.24) is 9.80 Å². The average Bonchev–Trinajstić information content (AvgIpc) is 2.98. The zero-order valence-corrected chi connectivity index (χ0v) is 17.2. The number of para-hydroxylation sites is 1. The number of nitrogens with zero attached hydrogens (tertiary/aromatic N) is 3. The molecule has 0 aromatic heterocycles. The van der Waals surface area contributed by atoms with Gasteiger partial charge in [0, 0.05) is 38.3 Å². The van der Waals surface area contributed by atoms with Gasteiger partial charge in [-0.05, 0) is 57.3 Å². The molecule has 0 radical (unpaired) electrons. The van der Waals surface area contributed by atoms with Crippen molar-refractivity contribution in [2.45, 2.75) is 63.1 Å². The molecule has 2 atom stereocenters. The number of aliphatic hydroxyl groups is 1. The molecule has 3 heterocycles. The Hall–Kier alpha value is -0.810. The van der Waals surface area contributed by atoms with Gasteiger partial charge in [0.1, 0.15) is 0 Å². The van der Waals surface area contributed by atoms with E-state index >= 15 is 0 Å². The van der Waals surface area contributed by atoms with Gasteiger partial charge in [-0.25, -0.2) is 0 Å². The lowest BCUT2D eigenvalue weighted by Crippen LogP contribution is -2.57. The second kappa shape index (κ2) is 9.13. The largest absolute Gasteiger partial charge is 0.390 e. The average molecular weight is 392 g/mol. The minimum Gasteiger partial charge on any atom is -0.390 e. The van der Waals surface area contributed by atoms with Crippen LogP contribution in [-0.2, 0) is 0 Å². The van der Waals surface area contributed by atoms with Gasteiger partial charge in [-0.2, -0.15) is 0 Å². The molecule has 0 bridgehead atoms. The lowest BCUT2D eigenvalue weighted by atomic mass is 9.95. The summed E-state index contributed by atoms with van der Waals surface area (Å²) in [7, 11) is 0. The van der Waals surface area contributed by atoms with Crippen LogP contribution in [0.3, 0.4) is 0 Å². The third kappa shape index (κ3) is 4.61. The van der Waals surface area contributed by atoms with E-state index in [9.17, 15) is 5.11 Å². The molecule has 4 nitrogen and oxygen atoms in total. The summed E-state index contributed by atoms with van der Waals surface area (Å²) in [6, 6.07) is 9.14. The predicted octanol–water partition coefficient (Wildman–Crippen LogP) is 3.62. The van der Waals surface area contributed by atoms with Crippen LogP contribution in [0.25, 0.3) is 0 Å². The third-order valence-electron chi connectivity index (χ3n) is 6.86. The molecular formula is C22H34ClN3O. The normalized spacial score (nSPS) is 29.6. The van der Waals surface area contributed by atoms with E-state index in [1.807, 2.05) is 12.1 Å². The lowest BCUT2D eigenvalue weighted by Gasteiger charge is -2.46. The standard InChI is InChI=1S/C22H34ClN3O/c23-19-7-3-4-8-20(19)25-14-9-18(10-15-25)26-16-11-21(22(27)17-26)24-12-5-1-2-6-13-24/h3-4,7-8,18,21-22,27H,1-2,5-6,9-17H2/t21-,22-/m1/s1. The molecule has 0 aliphatic carbocycles. The predicted molar refractivity (Wildman–Crippen MR) is 113 cm³/mol. The first-order chi connectivity index (χ1) is 13.2. The van der Waals surface area contributed by atoms with Crippen molar-refractivity contribution in [3.8, 4) is 0 Å². The Kier molecular flexibility index (Phi) is 6.59. The highest BCUT2D eigenvalue weighted by atomic mass is 35.5. The Morgan fingerprint density at radius 3 is 2.19 bits per heavy atom. The number of halogens is 1. The first-order valence-corrected chi connectivity index (χ1v) is 11.3. The molecule has 0 spiro atoms. The van der Waals surface area contributed by atoms with Crippen molar-refractivity contribution >= 4 is 17.3 Å². The lowest BCUT2D eigenvalue weighted by molar-refractivity contribution is -0.0279. The number of benzene rings is 1. The molecule has 1 N–H and O–H groups in total. The van der Waals surface area contributed by atoms with Gasteiger partial charge in [0.25, 0.3) is 0 Å². The highest BCUT2D eigenvalue weighted by Crippen LogP contribution is 2.30. The number of likely N-dealkylation sites (tertiary alicyclic amines) is 2. The highest BCUT2D eigenvalue weighted by Gasteiger charge is 2.35. The molecule has 1 aromatic rings. The summed E-state index contributed by atoms with van der Waals surface area (Å²) in [6.45, 7) is 6.44. The van der Waals surface area contributed by atoms with E-state index in [2.05, 4.69) is 26.8 Å². The summed E-state index contributed by atoms with van der Waals surface area (Å²) in [6.07, 6.45) is 8.55. The highest BCUT2D eigenvalue weighted by molar-refractivity contribution is 6.33. The first kappa shape index (κ1) is 19.5. The number of β-amino-alcohol motifs (C(OH)–C–C–N with tert-alkyl or cyclic N) is 1. The Labute approximate surface area is 169 Å². The van der Waals surface area contributed by atoms with Gasteiger partial charge in [-0.1, -0.05) is 36.6 Å². The van der Waals surface area contributed by atoms with Crippen molar-refractivity contribution in [2.75, 3.05) is 44.2 Å². The van der Waals surface area contributed by atoms with Gasteiger partial charge in [-0.15, -0.1) is 0 Å². The minimum absolute atomic E-state index is 0.196. The van der Waals surface area contributed by atoms with Crippen molar-refractivity contribution in [3.63, 3.8) is 0 Å². The first-order valence-electron chi connectivity index (χ1n) is 10.9.